The average Bonchev–Trinajstić information content (AvgIpc) is 3.13. The van der Waals surface area contributed by atoms with Crippen LogP contribution >= 0.6 is 11.3 Å². The summed E-state index contributed by atoms with van der Waals surface area (Å²) in [6.45, 7) is 1.16. The molecule has 21 heavy (non-hydrogen) atoms. The molecular formula is C16H18N2O2S. The summed E-state index contributed by atoms with van der Waals surface area (Å²) in [6.07, 6.45) is 0.880. The van der Waals surface area contributed by atoms with Gasteiger partial charge in [0.25, 0.3) is 0 Å². The number of hydrogen-bond acceptors (Lipinski definition) is 3. The molecule has 110 valence electrons. The maximum Gasteiger partial charge on any atom is 0.317 e. The molecule has 1 atom stereocenters. The lowest BCUT2D eigenvalue weighted by Crippen LogP contribution is -2.41. The molecule has 1 aliphatic heterocycles. The van der Waals surface area contributed by atoms with Gasteiger partial charge in [0.05, 0.1) is 6.54 Å². The second kappa shape index (κ2) is 6.18. The van der Waals surface area contributed by atoms with E-state index in [0.717, 1.165) is 17.7 Å². The van der Waals surface area contributed by atoms with Crippen LogP contribution in [0.3, 0.4) is 0 Å². The maximum absolute atomic E-state index is 12.1. The molecule has 1 aromatic carbocycles. The van der Waals surface area contributed by atoms with Gasteiger partial charge in [-0.1, -0.05) is 18.2 Å². The highest BCUT2D eigenvalue weighted by atomic mass is 32.1. The first-order chi connectivity index (χ1) is 10.2. The standard InChI is InChI=1S/C16H18N2O2S/c1-18(10-12-6-7-21-11-12)16(19)17-9-14-8-13-4-2-3-5-15(13)20-14/h2-7,11,14H,8-10H2,1H3,(H,17,19). The molecule has 0 fully saturated rings. The minimum atomic E-state index is -0.0687. The second-order valence-corrected chi connectivity index (χ2v) is 6.01. The fourth-order valence-corrected chi connectivity index (χ4v) is 3.09. The number of fused-ring (bicyclic) bond motifs is 1. The number of carbonyl (C=O) groups excluding carboxylic acids is 1. The first kappa shape index (κ1) is 13.9. The van der Waals surface area contributed by atoms with Gasteiger partial charge in [0.2, 0.25) is 0 Å². The Labute approximate surface area is 128 Å². The second-order valence-electron chi connectivity index (χ2n) is 5.23. The van der Waals surface area contributed by atoms with Gasteiger partial charge in [-0.2, -0.15) is 11.3 Å². The van der Waals surface area contributed by atoms with Crippen LogP contribution in [-0.2, 0) is 13.0 Å². The molecular weight excluding hydrogens is 284 g/mol. The van der Waals surface area contributed by atoms with Crippen molar-refractivity contribution >= 4 is 17.4 Å². The Hall–Kier alpha value is -2.01. The van der Waals surface area contributed by atoms with Crippen LogP contribution in [0, 0.1) is 0 Å². The van der Waals surface area contributed by atoms with Crippen molar-refractivity contribution in [3.8, 4) is 5.75 Å². The van der Waals surface area contributed by atoms with Gasteiger partial charge in [-0.25, -0.2) is 4.79 Å². The molecule has 2 amide bonds. The summed E-state index contributed by atoms with van der Waals surface area (Å²) in [4.78, 5) is 13.7. The van der Waals surface area contributed by atoms with E-state index in [4.69, 9.17) is 4.74 Å². The molecule has 0 aliphatic carbocycles. The predicted octanol–water partition coefficient (Wildman–Crippen LogP) is 2.89. The lowest BCUT2D eigenvalue weighted by atomic mass is 10.1. The normalized spacial score (nSPS) is 16.1. The van der Waals surface area contributed by atoms with E-state index < -0.39 is 0 Å². The van der Waals surface area contributed by atoms with E-state index in [9.17, 15) is 4.79 Å². The number of nitrogens with one attached hydrogen (secondary N) is 1. The third kappa shape index (κ3) is 3.36. The molecule has 0 bridgehead atoms. The van der Waals surface area contributed by atoms with Gasteiger partial charge in [0.1, 0.15) is 11.9 Å². The molecule has 1 aromatic heterocycles. The first-order valence-electron chi connectivity index (χ1n) is 6.97. The number of benzene rings is 1. The zero-order valence-corrected chi connectivity index (χ0v) is 12.7. The molecule has 2 aromatic rings. The number of rotatable bonds is 4. The van der Waals surface area contributed by atoms with E-state index in [1.165, 1.54) is 5.56 Å². The SMILES string of the molecule is CN(Cc1ccsc1)C(=O)NCC1Cc2ccccc2O1. The van der Waals surface area contributed by atoms with Crippen molar-refractivity contribution in [2.45, 2.75) is 19.1 Å². The van der Waals surface area contributed by atoms with Crippen LogP contribution in [0.1, 0.15) is 11.1 Å². The number of para-hydroxylation sites is 1. The fraction of sp³-hybridized carbons (Fsp3) is 0.312. The van der Waals surface area contributed by atoms with Crippen molar-refractivity contribution < 1.29 is 9.53 Å². The highest BCUT2D eigenvalue weighted by Gasteiger charge is 2.23. The summed E-state index contributed by atoms with van der Waals surface area (Å²) in [7, 11) is 1.80. The van der Waals surface area contributed by atoms with Crippen LogP contribution in [-0.4, -0.2) is 30.6 Å². The average molecular weight is 302 g/mol. The van der Waals surface area contributed by atoms with Crippen LogP contribution in [0.4, 0.5) is 4.79 Å². The van der Waals surface area contributed by atoms with Crippen LogP contribution in [0.25, 0.3) is 0 Å². The zero-order valence-electron chi connectivity index (χ0n) is 11.9. The number of ether oxygens (including phenoxy) is 1. The molecule has 5 heteroatoms. The summed E-state index contributed by atoms with van der Waals surface area (Å²) in [5, 5.41) is 7.01. The largest absolute Gasteiger partial charge is 0.488 e. The summed E-state index contributed by atoms with van der Waals surface area (Å²) in [5.74, 6) is 0.934. The van der Waals surface area contributed by atoms with Crippen molar-refractivity contribution in [1.29, 1.82) is 0 Å². The van der Waals surface area contributed by atoms with Crippen LogP contribution < -0.4 is 10.1 Å². The van der Waals surface area contributed by atoms with Gasteiger partial charge in [0, 0.05) is 20.0 Å². The zero-order chi connectivity index (χ0) is 14.7. The van der Waals surface area contributed by atoms with Crippen LogP contribution in [0.2, 0.25) is 0 Å². The maximum atomic E-state index is 12.1. The predicted molar refractivity (Wildman–Crippen MR) is 83.7 cm³/mol. The monoisotopic (exact) mass is 302 g/mol. The van der Waals surface area contributed by atoms with E-state index in [0.29, 0.717) is 13.1 Å². The Balaban J connectivity index is 1.46. The van der Waals surface area contributed by atoms with Crippen LogP contribution in [0.15, 0.2) is 41.1 Å². The van der Waals surface area contributed by atoms with Gasteiger partial charge in [0.15, 0.2) is 0 Å². The number of hydrogen-bond donors (Lipinski definition) is 1. The lowest BCUT2D eigenvalue weighted by molar-refractivity contribution is 0.191. The van der Waals surface area contributed by atoms with E-state index in [-0.39, 0.29) is 12.1 Å². The quantitative estimate of drug-likeness (QED) is 0.943. The minimum Gasteiger partial charge on any atom is -0.488 e. The molecule has 2 heterocycles. The van der Waals surface area contributed by atoms with Crippen LogP contribution in [0.5, 0.6) is 5.75 Å². The molecule has 3 rings (SSSR count). The fourth-order valence-electron chi connectivity index (χ4n) is 2.43. The molecule has 0 spiro atoms. The van der Waals surface area contributed by atoms with Gasteiger partial charge < -0.3 is 15.0 Å². The lowest BCUT2D eigenvalue weighted by Gasteiger charge is -2.19. The Morgan fingerprint density at radius 3 is 3.05 bits per heavy atom. The molecule has 1 aliphatic rings. The highest BCUT2D eigenvalue weighted by molar-refractivity contribution is 7.07. The Morgan fingerprint density at radius 1 is 1.43 bits per heavy atom. The van der Waals surface area contributed by atoms with E-state index in [1.807, 2.05) is 29.6 Å². The van der Waals surface area contributed by atoms with Crippen molar-refractivity contribution in [2.24, 2.45) is 0 Å². The van der Waals surface area contributed by atoms with E-state index in [1.54, 1.807) is 23.3 Å². The van der Waals surface area contributed by atoms with Crippen molar-refractivity contribution in [2.75, 3.05) is 13.6 Å². The smallest absolute Gasteiger partial charge is 0.317 e. The van der Waals surface area contributed by atoms with Gasteiger partial charge in [-0.3, -0.25) is 0 Å². The van der Waals surface area contributed by atoms with E-state index in [2.05, 4.69) is 16.8 Å². The van der Waals surface area contributed by atoms with Crippen molar-refractivity contribution in [1.82, 2.24) is 10.2 Å². The topological polar surface area (TPSA) is 41.6 Å². The van der Waals surface area contributed by atoms with Crippen molar-refractivity contribution in [3.63, 3.8) is 0 Å². The molecule has 1 unspecified atom stereocenters. The molecule has 1 N–H and O–H groups in total. The summed E-state index contributed by atoms with van der Waals surface area (Å²) < 4.78 is 5.81. The third-order valence-corrected chi connectivity index (χ3v) is 4.27. The number of thiophene rings is 1. The Morgan fingerprint density at radius 2 is 2.29 bits per heavy atom. The number of carbonyl (C=O) groups is 1. The Kier molecular flexibility index (Phi) is 4.10. The summed E-state index contributed by atoms with van der Waals surface area (Å²) in [5.41, 5.74) is 2.37. The number of urea groups is 1. The minimum absolute atomic E-state index is 0.0286. The van der Waals surface area contributed by atoms with E-state index >= 15 is 0 Å². The number of nitrogens with zero attached hydrogens (tertiary/aromatic N) is 1. The van der Waals surface area contributed by atoms with Gasteiger partial charge in [-0.05, 0) is 34.0 Å². The van der Waals surface area contributed by atoms with Gasteiger partial charge in [-0.15, -0.1) is 0 Å². The molecule has 0 saturated heterocycles. The summed E-state index contributed by atoms with van der Waals surface area (Å²) in [6, 6.07) is 9.98. The molecule has 0 saturated carbocycles. The molecule has 4 nitrogen and oxygen atoms in total. The molecule has 0 radical (unpaired) electrons. The van der Waals surface area contributed by atoms with Crippen molar-refractivity contribution in [3.05, 3.63) is 52.2 Å². The highest BCUT2D eigenvalue weighted by Crippen LogP contribution is 2.27. The first-order valence-corrected chi connectivity index (χ1v) is 7.91. The summed E-state index contributed by atoms with van der Waals surface area (Å²) >= 11 is 1.64. The third-order valence-electron chi connectivity index (χ3n) is 3.54. The number of amides is 2. The Bertz CT molecular complexity index is 587. The van der Waals surface area contributed by atoms with Gasteiger partial charge >= 0.3 is 6.03 Å².